The van der Waals surface area contributed by atoms with E-state index >= 15 is 0 Å². The van der Waals surface area contributed by atoms with Crippen LogP contribution in [0.5, 0.6) is 0 Å². The summed E-state index contributed by atoms with van der Waals surface area (Å²) in [5.74, 6) is -0.763. The fourth-order valence-corrected chi connectivity index (χ4v) is 4.83. The maximum atomic E-state index is 13.5. The van der Waals surface area contributed by atoms with Crippen molar-refractivity contribution in [2.24, 2.45) is 12.5 Å². The predicted octanol–water partition coefficient (Wildman–Crippen LogP) is 3.86. The second-order valence-electron chi connectivity index (χ2n) is 8.61. The quantitative estimate of drug-likeness (QED) is 0.656. The summed E-state index contributed by atoms with van der Waals surface area (Å²) in [7, 11) is 1.32. The topological polar surface area (TPSA) is 76.4 Å². The zero-order valence-electron chi connectivity index (χ0n) is 17.6. The molecular formula is C21H21F6N3O3. The fourth-order valence-electron chi connectivity index (χ4n) is 4.83. The molecule has 4 atom stereocenters. The van der Waals surface area contributed by atoms with Crippen LogP contribution >= 0.6 is 0 Å². The molecule has 2 aliphatic rings. The highest BCUT2D eigenvalue weighted by Gasteiger charge is 2.60. The number of amides is 1. The van der Waals surface area contributed by atoms with E-state index in [1.54, 1.807) is 0 Å². The van der Waals surface area contributed by atoms with Crippen LogP contribution in [0.15, 0.2) is 24.4 Å². The van der Waals surface area contributed by atoms with Crippen LogP contribution in [0, 0.1) is 12.3 Å². The number of nitrogens with zero attached hydrogens (tertiary/aromatic N) is 2. The normalized spacial score (nSPS) is 27.2. The number of anilines is 1. The van der Waals surface area contributed by atoms with Gasteiger partial charge in [0, 0.05) is 30.9 Å². The third-order valence-corrected chi connectivity index (χ3v) is 6.42. The van der Waals surface area contributed by atoms with E-state index in [0.717, 1.165) is 23.0 Å². The molecule has 2 aliphatic heterocycles. The molecule has 2 bridgehead atoms. The van der Waals surface area contributed by atoms with Crippen LogP contribution in [-0.2, 0) is 35.4 Å². The number of aliphatic hydroxyl groups is 1. The lowest BCUT2D eigenvalue weighted by Gasteiger charge is -2.35. The number of carbonyl (C=O) groups is 1. The molecule has 0 unspecified atom stereocenters. The number of ether oxygens (including phenoxy) is 1. The molecule has 33 heavy (non-hydrogen) atoms. The van der Waals surface area contributed by atoms with Crippen LogP contribution in [0.3, 0.4) is 0 Å². The smallest absolute Gasteiger partial charge is 0.390 e. The van der Waals surface area contributed by atoms with Crippen LogP contribution in [0.1, 0.15) is 35.2 Å². The van der Waals surface area contributed by atoms with Gasteiger partial charge in [-0.15, -0.1) is 0 Å². The van der Waals surface area contributed by atoms with Gasteiger partial charge in [-0.05, 0) is 37.5 Å². The van der Waals surface area contributed by atoms with Crippen molar-refractivity contribution in [1.82, 2.24) is 9.78 Å². The molecule has 0 aliphatic carbocycles. The van der Waals surface area contributed by atoms with Gasteiger partial charge < -0.3 is 15.2 Å². The summed E-state index contributed by atoms with van der Waals surface area (Å²) in [5.41, 5.74) is -4.13. The monoisotopic (exact) mass is 477 g/mol. The molecule has 0 saturated carbocycles. The lowest BCUT2D eigenvalue weighted by atomic mass is 9.68. The molecule has 0 radical (unpaired) electrons. The average molecular weight is 477 g/mol. The number of benzene rings is 1. The van der Waals surface area contributed by atoms with E-state index in [2.05, 4.69) is 10.4 Å². The highest BCUT2D eigenvalue weighted by Crippen LogP contribution is 2.51. The van der Waals surface area contributed by atoms with Gasteiger partial charge >= 0.3 is 12.4 Å². The first-order valence-corrected chi connectivity index (χ1v) is 10.1. The summed E-state index contributed by atoms with van der Waals surface area (Å²) < 4.78 is 87.0. The second kappa shape index (κ2) is 7.73. The summed E-state index contributed by atoms with van der Waals surface area (Å²) in [6.45, 7) is 1.20. The number of aryl methyl sites for hydroxylation is 1. The van der Waals surface area contributed by atoms with Crippen molar-refractivity contribution in [2.45, 2.75) is 56.9 Å². The van der Waals surface area contributed by atoms with Crippen LogP contribution in [0.25, 0.3) is 0 Å². The number of hydrogen-bond acceptors (Lipinski definition) is 4. The van der Waals surface area contributed by atoms with Crippen molar-refractivity contribution in [3.8, 4) is 0 Å². The Morgan fingerprint density at radius 1 is 1.27 bits per heavy atom. The number of aromatic nitrogens is 2. The minimum absolute atomic E-state index is 0.0290. The molecule has 4 rings (SSSR count). The molecule has 1 aromatic heterocycles. The minimum atomic E-state index is -4.76. The molecule has 0 spiro atoms. The Balaban J connectivity index is 1.71. The Hall–Kier alpha value is -2.60. The lowest BCUT2D eigenvalue weighted by Crippen LogP contribution is -2.48. The Morgan fingerprint density at radius 3 is 2.52 bits per heavy atom. The van der Waals surface area contributed by atoms with E-state index in [-0.39, 0.29) is 29.7 Å². The zero-order chi connectivity index (χ0) is 24.3. The zero-order valence-corrected chi connectivity index (χ0v) is 17.6. The predicted molar refractivity (Wildman–Crippen MR) is 103 cm³/mol. The molecule has 2 saturated heterocycles. The van der Waals surface area contributed by atoms with Crippen LogP contribution < -0.4 is 5.32 Å². The average Bonchev–Trinajstić information content (AvgIpc) is 3.34. The third-order valence-electron chi connectivity index (χ3n) is 6.42. The number of alkyl halides is 6. The molecule has 6 nitrogen and oxygen atoms in total. The van der Waals surface area contributed by atoms with Crippen molar-refractivity contribution >= 4 is 11.6 Å². The highest BCUT2D eigenvalue weighted by atomic mass is 19.4. The summed E-state index contributed by atoms with van der Waals surface area (Å²) in [6, 6.07) is 3.31. The lowest BCUT2D eigenvalue weighted by molar-refractivity contribution is -0.143. The van der Waals surface area contributed by atoms with E-state index in [1.807, 2.05) is 0 Å². The molecular weight excluding hydrogens is 456 g/mol. The van der Waals surface area contributed by atoms with Gasteiger partial charge in [-0.2, -0.15) is 31.4 Å². The molecule has 3 heterocycles. The number of carbonyl (C=O) groups excluding carboxylic acids is 1. The third kappa shape index (κ3) is 4.10. The SMILES string of the molecule is Cc1c(NC(=O)[C@@]2(Cc3cn(C)nc3C(F)(F)F)C[C@H]3O[C@@H]2C[C@@H]3O)cccc1C(F)(F)F. The fraction of sp³-hybridized carbons (Fsp3) is 0.524. The van der Waals surface area contributed by atoms with E-state index in [4.69, 9.17) is 4.74 Å². The van der Waals surface area contributed by atoms with Gasteiger partial charge in [0.2, 0.25) is 5.91 Å². The van der Waals surface area contributed by atoms with Crippen molar-refractivity contribution in [2.75, 3.05) is 5.32 Å². The first-order valence-electron chi connectivity index (χ1n) is 10.1. The maximum absolute atomic E-state index is 13.5. The first-order chi connectivity index (χ1) is 15.2. The van der Waals surface area contributed by atoms with E-state index in [0.29, 0.717) is 0 Å². The summed E-state index contributed by atoms with van der Waals surface area (Å²) in [4.78, 5) is 13.5. The molecule has 180 valence electrons. The number of halogens is 6. The number of fused-ring (bicyclic) bond motifs is 2. The maximum Gasteiger partial charge on any atom is 0.435 e. The van der Waals surface area contributed by atoms with Crippen molar-refractivity contribution in [1.29, 1.82) is 0 Å². The minimum Gasteiger partial charge on any atom is -0.390 e. The summed E-state index contributed by atoms with van der Waals surface area (Å²) in [5, 5.41) is 16.0. The van der Waals surface area contributed by atoms with Gasteiger partial charge in [0.05, 0.1) is 29.3 Å². The van der Waals surface area contributed by atoms with Gasteiger partial charge in [-0.1, -0.05) is 6.07 Å². The molecule has 2 N–H and O–H groups in total. The molecule has 1 aromatic carbocycles. The van der Waals surface area contributed by atoms with E-state index in [1.165, 1.54) is 20.0 Å². The Bertz CT molecular complexity index is 1080. The standard InChI is InChI=1S/C21H21F6N3O3/c1-10-12(20(22,23)24)4-3-5-13(10)28-18(32)19(8-15-14(31)6-16(19)33-15)7-11-9-30(2)29-17(11)21(25,26)27/h3-5,9,14-16,31H,6-8H2,1-2H3,(H,28,32)/t14-,15+,16+,19-/m0/s1. The summed E-state index contributed by atoms with van der Waals surface area (Å²) >= 11 is 0. The van der Waals surface area contributed by atoms with E-state index < -0.39 is 59.7 Å². The second-order valence-corrected chi connectivity index (χ2v) is 8.61. The van der Waals surface area contributed by atoms with Crippen LogP contribution in [-0.4, -0.2) is 39.1 Å². The van der Waals surface area contributed by atoms with Crippen molar-refractivity contribution in [3.05, 3.63) is 46.8 Å². The first kappa shape index (κ1) is 23.6. The van der Waals surface area contributed by atoms with Crippen LogP contribution in [0.4, 0.5) is 32.0 Å². The van der Waals surface area contributed by atoms with E-state index in [9.17, 15) is 36.2 Å². The number of hydrogen-bond donors (Lipinski definition) is 2. The highest BCUT2D eigenvalue weighted by molar-refractivity contribution is 5.97. The molecule has 2 aromatic rings. The Kier molecular flexibility index (Phi) is 5.51. The van der Waals surface area contributed by atoms with Gasteiger partial charge in [0.1, 0.15) is 0 Å². The number of rotatable bonds is 4. The van der Waals surface area contributed by atoms with Crippen molar-refractivity contribution in [3.63, 3.8) is 0 Å². The van der Waals surface area contributed by atoms with Crippen molar-refractivity contribution < 1.29 is 41.0 Å². The molecule has 1 amide bonds. The molecule has 2 fully saturated rings. The summed E-state index contributed by atoms with van der Waals surface area (Å²) in [6.07, 6.45) is -11.2. The van der Waals surface area contributed by atoms with Crippen LogP contribution in [0.2, 0.25) is 0 Å². The number of aliphatic hydroxyl groups excluding tert-OH is 1. The molecule has 12 heteroatoms. The number of nitrogens with one attached hydrogen (secondary N) is 1. The van der Waals surface area contributed by atoms with Gasteiger partial charge in [0.25, 0.3) is 0 Å². The Labute approximate surface area is 184 Å². The van der Waals surface area contributed by atoms with Gasteiger partial charge in [0.15, 0.2) is 5.69 Å². The Morgan fingerprint density at radius 2 is 1.97 bits per heavy atom. The van der Waals surface area contributed by atoms with Gasteiger partial charge in [-0.25, -0.2) is 0 Å². The van der Waals surface area contributed by atoms with Gasteiger partial charge in [-0.3, -0.25) is 9.48 Å². The largest absolute Gasteiger partial charge is 0.435 e.